The van der Waals surface area contributed by atoms with Crippen LogP contribution in [0.25, 0.3) is 0 Å². The Morgan fingerprint density at radius 3 is 2.79 bits per heavy atom. The molecule has 0 aromatic heterocycles. The third-order valence-corrected chi connectivity index (χ3v) is 4.27. The summed E-state index contributed by atoms with van der Waals surface area (Å²) >= 11 is 2.16. The summed E-state index contributed by atoms with van der Waals surface area (Å²) in [5, 5.41) is 9.01. The van der Waals surface area contributed by atoms with Crippen LogP contribution in [0.1, 0.15) is 36.0 Å². The average molecular weight is 376 g/mol. The maximum absolute atomic E-state index is 11.0. The van der Waals surface area contributed by atoms with Crippen molar-refractivity contribution >= 4 is 28.6 Å². The van der Waals surface area contributed by atoms with Crippen LogP contribution in [0.5, 0.6) is 5.75 Å². The number of carbonyl (C=O) groups is 1. The highest BCUT2D eigenvalue weighted by Gasteiger charge is 2.23. The normalized spacial score (nSPS) is 23.1. The molecule has 1 aromatic carbocycles. The number of carboxylic acid groups (broad SMARTS) is 1. The Balaban J connectivity index is 2.09. The van der Waals surface area contributed by atoms with Crippen molar-refractivity contribution < 1.29 is 19.4 Å². The van der Waals surface area contributed by atoms with Gasteiger partial charge in [0.1, 0.15) is 11.9 Å². The minimum Gasteiger partial charge on any atom is -0.489 e. The van der Waals surface area contributed by atoms with Gasteiger partial charge in [0.15, 0.2) is 0 Å². The molecule has 0 amide bonds. The fourth-order valence-electron chi connectivity index (χ4n) is 2.33. The van der Waals surface area contributed by atoms with E-state index in [0.29, 0.717) is 5.75 Å². The summed E-state index contributed by atoms with van der Waals surface area (Å²) in [4.78, 5) is 11.0. The molecule has 4 nitrogen and oxygen atoms in total. The first-order valence-corrected chi connectivity index (χ1v) is 7.40. The molecule has 0 aliphatic heterocycles. The largest absolute Gasteiger partial charge is 0.489 e. The van der Waals surface area contributed by atoms with E-state index in [1.807, 2.05) is 0 Å². The second kappa shape index (κ2) is 6.56. The molecular formula is C14H17IO4. The van der Waals surface area contributed by atoms with E-state index in [1.54, 1.807) is 25.3 Å². The first kappa shape index (κ1) is 14.6. The van der Waals surface area contributed by atoms with Crippen LogP contribution in [-0.4, -0.2) is 30.4 Å². The van der Waals surface area contributed by atoms with Crippen LogP contribution in [0.4, 0.5) is 0 Å². The number of hydrogen-bond donors (Lipinski definition) is 1. The number of rotatable bonds is 4. The summed E-state index contributed by atoms with van der Waals surface area (Å²) in [7, 11) is 1.72. The van der Waals surface area contributed by atoms with Gasteiger partial charge in [-0.3, -0.25) is 0 Å². The number of halogens is 1. The van der Waals surface area contributed by atoms with Crippen molar-refractivity contribution in [3.63, 3.8) is 0 Å². The van der Waals surface area contributed by atoms with Crippen LogP contribution in [0.3, 0.4) is 0 Å². The summed E-state index contributed by atoms with van der Waals surface area (Å²) in [5.41, 5.74) is 0.259. The fourth-order valence-corrected chi connectivity index (χ4v) is 2.79. The van der Waals surface area contributed by atoms with Crippen molar-refractivity contribution in [1.82, 2.24) is 0 Å². The van der Waals surface area contributed by atoms with E-state index >= 15 is 0 Å². The summed E-state index contributed by atoms with van der Waals surface area (Å²) < 4.78 is 12.3. The Labute approximate surface area is 126 Å². The van der Waals surface area contributed by atoms with Gasteiger partial charge in [0.2, 0.25) is 0 Å². The second-order valence-corrected chi connectivity index (χ2v) is 5.88. The molecule has 0 spiro atoms. The van der Waals surface area contributed by atoms with Crippen molar-refractivity contribution in [3.05, 3.63) is 27.3 Å². The van der Waals surface area contributed by atoms with Crippen LogP contribution in [0.15, 0.2) is 18.2 Å². The molecule has 1 aromatic rings. The highest BCUT2D eigenvalue weighted by atomic mass is 127. The predicted octanol–water partition coefficient (Wildman–Crippen LogP) is 3.33. The summed E-state index contributed by atoms with van der Waals surface area (Å²) in [6.45, 7) is 0. The zero-order chi connectivity index (χ0) is 13.8. The second-order valence-electron chi connectivity index (χ2n) is 4.71. The highest BCUT2D eigenvalue weighted by Crippen LogP contribution is 2.29. The Hall–Kier alpha value is -0.820. The van der Waals surface area contributed by atoms with Crippen molar-refractivity contribution in [2.75, 3.05) is 7.11 Å². The van der Waals surface area contributed by atoms with Gasteiger partial charge in [0, 0.05) is 13.5 Å². The molecule has 0 heterocycles. The standard InChI is InChI=1S/C14H17IO4/c1-18-10-3-2-4-11(8-10)19-13-7-9(14(16)17)5-6-12(13)15/h5-7,10-11H,2-4,8H2,1H3,(H,16,17). The molecule has 2 atom stereocenters. The molecule has 2 rings (SSSR count). The molecule has 1 aliphatic rings. The van der Waals surface area contributed by atoms with Crippen molar-refractivity contribution in [1.29, 1.82) is 0 Å². The maximum atomic E-state index is 11.0. The maximum Gasteiger partial charge on any atom is 0.335 e. The molecule has 1 fully saturated rings. The Morgan fingerprint density at radius 1 is 1.37 bits per heavy atom. The lowest BCUT2D eigenvalue weighted by molar-refractivity contribution is 0.0206. The third kappa shape index (κ3) is 3.82. The van der Waals surface area contributed by atoms with Crippen molar-refractivity contribution in [3.8, 4) is 5.75 Å². The van der Waals surface area contributed by atoms with E-state index in [4.69, 9.17) is 14.6 Å². The lowest BCUT2D eigenvalue weighted by Crippen LogP contribution is -2.29. The first-order valence-electron chi connectivity index (χ1n) is 6.32. The van der Waals surface area contributed by atoms with Gasteiger partial charge in [0.25, 0.3) is 0 Å². The zero-order valence-electron chi connectivity index (χ0n) is 10.8. The topological polar surface area (TPSA) is 55.8 Å². The quantitative estimate of drug-likeness (QED) is 0.820. The van der Waals surface area contributed by atoms with Gasteiger partial charge >= 0.3 is 5.97 Å². The minimum absolute atomic E-state index is 0.108. The van der Waals surface area contributed by atoms with E-state index in [9.17, 15) is 4.79 Å². The molecular weight excluding hydrogens is 359 g/mol. The lowest BCUT2D eigenvalue weighted by atomic mass is 9.95. The summed E-state index contributed by atoms with van der Waals surface area (Å²) in [5.74, 6) is -0.276. The molecule has 1 aliphatic carbocycles. The molecule has 2 unspecified atom stereocenters. The van der Waals surface area contributed by atoms with Crippen LogP contribution >= 0.6 is 22.6 Å². The summed E-state index contributed by atoms with van der Waals surface area (Å²) in [6, 6.07) is 4.96. The van der Waals surface area contributed by atoms with Gasteiger partial charge in [-0.25, -0.2) is 4.79 Å². The van der Waals surface area contributed by atoms with Crippen LogP contribution < -0.4 is 4.74 Å². The average Bonchev–Trinajstić information content (AvgIpc) is 2.41. The fraction of sp³-hybridized carbons (Fsp3) is 0.500. The molecule has 1 N–H and O–H groups in total. The molecule has 1 saturated carbocycles. The first-order chi connectivity index (χ1) is 9.10. The third-order valence-electron chi connectivity index (χ3n) is 3.38. The predicted molar refractivity (Wildman–Crippen MR) is 79.8 cm³/mol. The number of carboxylic acids is 1. The molecule has 0 saturated heterocycles. The molecule has 0 bridgehead atoms. The smallest absolute Gasteiger partial charge is 0.335 e. The highest BCUT2D eigenvalue weighted by molar-refractivity contribution is 14.1. The number of methoxy groups -OCH3 is 1. The minimum atomic E-state index is -0.931. The van der Waals surface area contributed by atoms with Crippen LogP contribution in [-0.2, 0) is 4.74 Å². The van der Waals surface area contributed by atoms with Crippen LogP contribution in [0.2, 0.25) is 0 Å². The van der Waals surface area contributed by atoms with Gasteiger partial charge in [-0.05, 0) is 60.1 Å². The summed E-state index contributed by atoms with van der Waals surface area (Å²) in [6.07, 6.45) is 4.37. The van der Waals surface area contributed by atoms with Gasteiger partial charge in [-0.1, -0.05) is 0 Å². The number of aromatic carboxylic acids is 1. The SMILES string of the molecule is COC1CCCC(Oc2cc(C(=O)O)ccc2I)C1. The van der Waals surface area contributed by atoms with Gasteiger partial charge < -0.3 is 14.6 Å². The number of ether oxygens (including phenoxy) is 2. The van der Waals surface area contributed by atoms with E-state index in [-0.39, 0.29) is 17.8 Å². The van der Waals surface area contributed by atoms with E-state index < -0.39 is 5.97 Å². The van der Waals surface area contributed by atoms with E-state index in [0.717, 1.165) is 29.3 Å². The van der Waals surface area contributed by atoms with E-state index in [1.165, 1.54) is 0 Å². The lowest BCUT2D eigenvalue weighted by Gasteiger charge is -2.29. The van der Waals surface area contributed by atoms with Crippen molar-refractivity contribution in [2.45, 2.75) is 37.9 Å². The van der Waals surface area contributed by atoms with Gasteiger partial charge in [-0.15, -0.1) is 0 Å². The monoisotopic (exact) mass is 376 g/mol. The molecule has 5 heteroatoms. The Morgan fingerprint density at radius 2 is 2.11 bits per heavy atom. The van der Waals surface area contributed by atoms with E-state index in [2.05, 4.69) is 22.6 Å². The van der Waals surface area contributed by atoms with Crippen molar-refractivity contribution in [2.24, 2.45) is 0 Å². The number of hydrogen-bond acceptors (Lipinski definition) is 3. The van der Waals surface area contributed by atoms with Gasteiger partial charge in [-0.2, -0.15) is 0 Å². The molecule has 0 radical (unpaired) electrons. The van der Waals surface area contributed by atoms with Crippen LogP contribution in [0, 0.1) is 3.57 Å². The Kier molecular flexibility index (Phi) is 5.04. The van der Waals surface area contributed by atoms with Gasteiger partial charge in [0.05, 0.1) is 15.2 Å². The molecule has 19 heavy (non-hydrogen) atoms. The number of benzene rings is 1. The molecule has 104 valence electrons. The Bertz CT molecular complexity index is 461. The zero-order valence-corrected chi connectivity index (χ0v) is 12.9.